The van der Waals surface area contributed by atoms with Gasteiger partial charge in [-0.25, -0.2) is 4.39 Å². The van der Waals surface area contributed by atoms with Crippen molar-refractivity contribution >= 4 is 33.2 Å². The monoisotopic (exact) mass is 345 g/mol. The van der Waals surface area contributed by atoms with Crippen LogP contribution >= 0.6 is 15.9 Å². The first-order valence-corrected chi connectivity index (χ1v) is 7.21. The number of hydrogen-bond acceptors (Lipinski definition) is 4. The van der Waals surface area contributed by atoms with Gasteiger partial charge in [0.05, 0.1) is 29.1 Å². The molecule has 1 heterocycles. The zero-order valence-corrected chi connectivity index (χ0v) is 12.6. The Balaban J connectivity index is 1.83. The molecule has 0 saturated carbocycles. The van der Waals surface area contributed by atoms with E-state index in [1.165, 1.54) is 6.07 Å². The van der Waals surface area contributed by atoms with Crippen LogP contribution in [0, 0.1) is 5.82 Å². The molecule has 0 spiro atoms. The van der Waals surface area contributed by atoms with Crippen molar-refractivity contribution in [1.29, 1.82) is 0 Å². The number of anilines is 2. The predicted octanol–water partition coefficient (Wildman–Crippen LogP) is 1.83. The van der Waals surface area contributed by atoms with Crippen molar-refractivity contribution in [2.24, 2.45) is 0 Å². The molecule has 5 nitrogen and oxygen atoms in total. The van der Waals surface area contributed by atoms with E-state index in [0.717, 1.165) is 0 Å². The number of benzene rings is 1. The highest BCUT2D eigenvalue weighted by atomic mass is 79.9. The SMILES string of the molecule is Nc1cc(F)c(Br)cc1NCCC(=O)N1CCOCC1. The Labute approximate surface area is 125 Å². The number of rotatable bonds is 4. The molecule has 1 aromatic rings. The van der Waals surface area contributed by atoms with Gasteiger partial charge in [0, 0.05) is 32.1 Å². The average molecular weight is 346 g/mol. The van der Waals surface area contributed by atoms with Gasteiger partial charge in [0.15, 0.2) is 0 Å². The molecule has 0 unspecified atom stereocenters. The zero-order valence-electron chi connectivity index (χ0n) is 11.0. The number of carbonyl (C=O) groups excluding carboxylic acids is 1. The molecule has 0 bridgehead atoms. The third-order valence-electron chi connectivity index (χ3n) is 3.11. The molecule has 1 aliphatic heterocycles. The summed E-state index contributed by atoms with van der Waals surface area (Å²) in [4.78, 5) is 13.7. The Morgan fingerprint density at radius 2 is 2.15 bits per heavy atom. The van der Waals surface area contributed by atoms with E-state index in [0.29, 0.717) is 55.1 Å². The fourth-order valence-corrected chi connectivity index (χ4v) is 2.33. The van der Waals surface area contributed by atoms with E-state index in [1.807, 2.05) is 0 Å². The van der Waals surface area contributed by atoms with Crippen molar-refractivity contribution in [3.63, 3.8) is 0 Å². The minimum atomic E-state index is -0.405. The van der Waals surface area contributed by atoms with Crippen LogP contribution in [-0.4, -0.2) is 43.7 Å². The number of nitrogens with one attached hydrogen (secondary N) is 1. The molecular weight excluding hydrogens is 329 g/mol. The van der Waals surface area contributed by atoms with Gasteiger partial charge in [0.2, 0.25) is 5.91 Å². The molecule has 20 heavy (non-hydrogen) atoms. The number of ether oxygens (including phenoxy) is 1. The summed E-state index contributed by atoms with van der Waals surface area (Å²) < 4.78 is 18.8. The number of halogens is 2. The second-order valence-electron chi connectivity index (χ2n) is 4.52. The van der Waals surface area contributed by atoms with Crippen LogP contribution < -0.4 is 11.1 Å². The summed E-state index contributed by atoms with van der Waals surface area (Å²) in [7, 11) is 0. The summed E-state index contributed by atoms with van der Waals surface area (Å²) >= 11 is 3.10. The zero-order chi connectivity index (χ0) is 14.5. The second kappa shape index (κ2) is 6.90. The van der Waals surface area contributed by atoms with Gasteiger partial charge in [0.1, 0.15) is 5.82 Å². The maximum atomic E-state index is 13.2. The molecule has 0 aliphatic carbocycles. The first kappa shape index (κ1) is 15.1. The third-order valence-corrected chi connectivity index (χ3v) is 3.72. The van der Waals surface area contributed by atoms with E-state index >= 15 is 0 Å². The summed E-state index contributed by atoms with van der Waals surface area (Å²) in [5, 5.41) is 3.05. The van der Waals surface area contributed by atoms with E-state index in [2.05, 4.69) is 21.2 Å². The largest absolute Gasteiger partial charge is 0.397 e. The number of hydrogen-bond donors (Lipinski definition) is 2. The molecule has 1 fully saturated rings. The average Bonchev–Trinajstić information content (AvgIpc) is 2.45. The smallest absolute Gasteiger partial charge is 0.224 e. The lowest BCUT2D eigenvalue weighted by molar-refractivity contribution is -0.134. The molecule has 110 valence electrons. The number of morpholine rings is 1. The van der Waals surface area contributed by atoms with Gasteiger partial charge in [-0.05, 0) is 22.0 Å². The van der Waals surface area contributed by atoms with Crippen LogP contribution in [0.2, 0.25) is 0 Å². The van der Waals surface area contributed by atoms with Crippen molar-refractivity contribution in [2.75, 3.05) is 43.9 Å². The van der Waals surface area contributed by atoms with E-state index in [9.17, 15) is 9.18 Å². The Morgan fingerprint density at radius 3 is 2.85 bits per heavy atom. The molecular formula is C13H17BrFN3O2. The summed E-state index contributed by atoms with van der Waals surface area (Å²) in [5.41, 5.74) is 6.66. The Kier molecular flexibility index (Phi) is 5.19. The van der Waals surface area contributed by atoms with Crippen LogP contribution in [0.3, 0.4) is 0 Å². The molecule has 1 aromatic carbocycles. The van der Waals surface area contributed by atoms with E-state index in [4.69, 9.17) is 10.5 Å². The summed E-state index contributed by atoms with van der Waals surface area (Å²) in [5.74, 6) is -0.321. The molecule has 1 aliphatic rings. The quantitative estimate of drug-likeness (QED) is 0.817. The van der Waals surface area contributed by atoms with Crippen LogP contribution in [0.15, 0.2) is 16.6 Å². The van der Waals surface area contributed by atoms with Gasteiger partial charge >= 0.3 is 0 Å². The molecule has 7 heteroatoms. The lowest BCUT2D eigenvalue weighted by Gasteiger charge is -2.27. The summed E-state index contributed by atoms with van der Waals surface area (Å²) in [6.07, 6.45) is 0.369. The van der Waals surface area contributed by atoms with Gasteiger partial charge in [-0.3, -0.25) is 4.79 Å². The number of amides is 1. The predicted molar refractivity (Wildman–Crippen MR) is 79.0 cm³/mol. The molecule has 3 N–H and O–H groups in total. The van der Waals surface area contributed by atoms with E-state index < -0.39 is 5.82 Å². The van der Waals surface area contributed by atoms with Gasteiger partial charge in [-0.1, -0.05) is 0 Å². The molecule has 1 amide bonds. The summed E-state index contributed by atoms with van der Waals surface area (Å²) in [6.45, 7) is 2.93. The fraction of sp³-hybridized carbons (Fsp3) is 0.462. The molecule has 0 aromatic heterocycles. The lowest BCUT2D eigenvalue weighted by atomic mass is 10.2. The molecule has 1 saturated heterocycles. The van der Waals surface area contributed by atoms with Crippen molar-refractivity contribution in [1.82, 2.24) is 4.90 Å². The number of carbonyl (C=O) groups is 1. The highest BCUT2D eigenvalue weighted by Crippen LogP contribution is 2.26. The highest BCUT2D eigenvalue weighted by molar-refractivity contribution is 9.10. The minimum Gasteiger partial charge on any atom is -0.397 e. The molecule has 0 atom stereocenters. The first-order valence-electron chi connectivity index (χ1n) is 6.42. The minimum absolute atomic E-state index is 0.0838. The Hall–Kier alpha value is -1.34. The Morgan fingerprint density at radius 1 is 1.45 bits per heavy atom. The normalized spacial score (nSPS) is 15.2. The van der Waals surface area contributed by atoms with Crippen molar-refractivity contribution in [3.05, 3.63) is 22.4 Å². The van der Waals surface area contributed by atoms with E-state index in [1.54, 1.807) is 11.0 Å². The van der Waals surface area contributed by atoms with Crippen LogP contribution in [0.1, 0.15) is 6.42 Å². The second-order valence-corrected chi connectivity index (χ2v) is 5.38. The Bertz CT molecular complexity index is 493. The fourth-order valence-electron chi connectivity index (χ4n) is 1.99. The third kappa shape index (κ3) is 3.83. The molecule has 0 radical (unpaired) electrons. The highest BCUT2D eigenvalue weighted by Gasteiger charge is 2.16. The van der Waals surface area contributed by atoms with Crippen molar-refractivity contribution in [3.8, 4) is 0 Å². The van der Waals surface area contributed by atoms with Gasteiger partial charge in [-0.15, -0.1) is 0 Å². The molecule has 2 rings (SSSR count). The van der Waals surface area contributed by atoms with Crippen molar-refractivity contribution < 1.29 is 13.9 Å². The van der Waals surface area contributed by atoms with Crippen LogP contribution in [0.5, 0.6) is 0 Å². The van der Waals surface area contributed by atoms with Crippen LogP contribution in [0.25, 0.3) is 0 Å². The van der Waals surface area contributed by atoms with Gasteiger partial charge in [0.25, 0.3) is 0 Å². The standard InChI is InChI=1S/C13H17BrFN3O2/c14-9-7-12(11(16)8-10(9)15)17-2-1-13(19)18-3-5-20-6-4-18/h7-8,17H,1-6,16H2. The summed E-state index contributed by atoms with van der Waals surface area (Å²) in [6, 6.07) is 2.82. The van der Waals surface area contributed by atoms with Gasteiger partial charge < -0.3 is 20.7 Å². The van der Waals surface area contributed by atoms with Crippen LogP contribution in [0.4, 0.5) is 15.8 Å². The lowest BCUT2D eigenvalue weighted by Crippen LogP contribution is -2.41. The number of nitrogen functional groups attached to an aromatic ring is 1. The number of nitrogens with zero attached hydrogens (tertiary/aromatic N) is 1. The van der Waals surface area contributed by atoms with E-state index in [-0.39, 0.29) is 5.91 Å². The topological polar surface area (TPSA) is 67.6 Å². The number of nitrogens with two attached hydrogens (primary N) is 1. The van der Waals surface area contributed by atoms with Crippen molar-refractivity contribution in [2.45, 2.75) is 6.42 Å². The maximum absolute atomic E-state index is 13.2. The first-order chi connectivity index (χ1) is 9.58. The van der Waals surface area contributed by atoms with Gasteiger partial charge in [-0.2, -0.15) is 0 Å². The maximum Gasteiger partial charge on any atom is 0.224 e. The van der Waals surface area contributed by atoms with Crippen LogP contribution in [-0.2, 0) is 9.53 Å².